The molecule has 0 unspecified atom stereocenters. The number of carbonyl (C=O) groups is 2. The molecule has 0 radical (unpaired) electrons. The molecule has 3 aromatic rings. The lowest BCUT2D eigenvalue weighted by atomic mass is 9.91. The Bertz CT molecular complexity index is 1270. The van der Waals surface area contributed by atoms with Gasteiger partial charge in [0.2, 0.25) is 12.7 Å². The van der Waals surface area contributed by atoms with Crippen molar-refractivity contribution in [1.82, 2.24) is 25.6 Å². The van der Waals surface area contributed by atoms with Crippen molar-refractivity contribution in [2.24, 2.45) is 0 Å². The number of hydrogen-bond acceptors (Lipinski definition) is 8. The Morgan fingerprint density at radius 1 is 1.08 bits per heavy atom. The van der Waals surface area contributed by atoms with E-state index in [1.807, 2.05) is 0 Å². The van der Waals surface area contributed by atoms with Gasteiger partial charge in [0, 0.05) is 32.3 Å². The molecule has 1 aliphatic carbocycles. The van der Waals surface area contributed by atoms with Gasteiger partial charge in [0.15, 0.2) is 11.5 Å². The summed E-state index contributed by atoms with van der Waals surface area (Å²) in [5.41, 5.74) is 2.70. The molecule has 0 saturated heterocycles. The summed E-state index contributed by atoms with van der Waals surface area (Å²) in [7, 11) is 1.61. The first-order valence-corrected chi connectivity index (χ1v) is 12.0. The quantitative estimate of drug-likeness (QED) is 0.406. The number of fused-ring (bicyclic) bond motifs is 2. The second-order valence-corrected chi connectivity index (χ2v) is 8.88. The number of ether oxygens (including phenoxy) is 4. The average Bonchev–Trinajstić information content (AvgIpc) is 3.52. The number of carbonyl (C=O) groups excluding carboxylic acids is 2. The van der Waals surface area contributed by atoms with Crippen LogP contribution in [0.4, 0.5) is 0 Å². The third-order valence-electron chi connectivity index (χ3n) is 6.46. The molecule has 5 rings (SSSR count). The van der Waals surface area contributed by atoms with E-state index in [9.17, 15) is 9.59 Å². The summed E-state index contributed by atoms with van der Waals surface area (Å²) >= 11 is 0. The molecule has 1 saturated carbocycles. The van der Waals surface area contributed by atoms with Crippen LogP contribution >= 0.6 is 0 Å². The topological polar surface area (TPSA) is 137 Å². The molecule has 190 valence electrons. The van der Waals surface area contributed by atoms with Crippen LogP contribution in [0.1, 0.15) is 43.0 Å². The third kappa shape index (κ3) is 4.78. The van der Waals surface area contributed by atoms with E-state index in [2.05, 4.69) is 25.6 Å². The van der Waals surface area contributed by atoms with Crippen molar-refractivity contribution < 1.29 is 28.5 Å². The van der Waals surface area contributed by atoms with Gasteiger partial charge in [0.05, 0.1) is 23.3 Å². The highest BCUT2D eigenvalue weighted by molar-refractivity contribution is 6.08. The minimum Gasteiger partial charge on any atom is -0.490 e. The number of amides is 2. The van der Waals surface area contributed by atoms with Gasteiger partial charge in [0.1, 0.15) is 29.9 Å². The third-order valence-corrected chi connectivity index (χ3v) is 6.46. The molecule has 2 amide bonds. The minimum atomic E-state index is -0.205. The van der Waals surface area contributed by atoms with E-state index in [4.69, 9.17) is 18.9 Å². The maximum Gasteiger partial charge on any atom is 0.255 e. The van der Waals surface area contributed by atoms with Crippen LogP contribution in [-0.2, 0) is 9.53 Å². The molecule has 2 aromatic heterocycles. The molecule has 11 heteroatoms. The number of hydrogen-bond donors (Lipinski definition) is 3. The Hall–Kier alpha value is -3.86. The number of aromatic amines is 1. The van der Waals surface area contributed by atoms with Crippen molar-refractivity contribution in [2.75, 3.05) is 27.1 Å². The first-order chi connectivity index (χ1) is 17.5. The normalized spacial score (nSPS) is 18.7. The summed E-state index contributed by atoms with van der Waals surface area (Å²) < 4.78 is 22.4. The molecule has 3 N–H and O–H groups in total. The van der Waals surface area contributed by atoms with Gasteiger partial charge in [-0.1, -0.05) is 0 Å². The summed E-state index contributed by atoms with van der Waals surface area (Å²) in [6.07, 6.45) is 6.33. The average molecular weight is 496 g/mol. The molecule has 11 nitrogen and oxygen atoms in total. The Morgan fingerprint density at radius 3 is 2.61 bits per heavy atom. The van der Waals surface area contributed by atoms with Gasteiger partial charge in [-0.15, -0.1) is 0 Å². The zero-order valence-corrected chi connectivity index (χ0v) is 20.3. The van der Waals surface area contributed by atoms with E-state index in [0.29, 0.717) is 58.3 Å². The largest absolute Gasteiger partial charge is 0.490 e. The number of H-pyrrole nitrogens is 1. The van der Waals surface area contributed by atoms with Crippen molar-refractivity contribution in [3.8, 4) is 28.5 Å². The zero-order chi connectivity index (χ0) is 25.1. The van der Waals surface area contributed by atoms with Crippen molar-refractivity contribution in [3.63, 3.8) is 0 Å². The highest BCUT2D eigenvalue weighted by atomic mass is 16.7. The molecule has 1 aromatic carbocycles. The van der Waals surface area contributed by atoms with Crippen LogP contribution in [-0.4, -0.2) is 66.0 Å². The monoisotopic (exact) mass is 495 g/mol. The van der Waals surface area contributed by atoms with Crippen LogP contribution < -0.4 is 24.8 Å². The SMILES string of the molecule is COCCOc1ccc2c(c1-c1ncnc3c(C(=O)N[C@H]4CC[C@@H](NC(C)=O)CC4)c[nH]c13)OCO2. The van der Waals surface area contributed by atoms with Gasteiger partial charge < -0.3 is 34.6 Å². The van der Waals surface area contributed by atoms with Crippen LogP contribution in [0.15, 0.2) is 24.7 Å². The zero-order valence-electron chi connectivity index (χ0n) is 20.3. The maximum absolute atomic E-state index is 13.2. The van der Waals surface area contributed by atoms with Crippen molar-refractivity contribution in [3.05, 3.63) is 30.2 Å². The molecule has 0 atom stereocenters. The highest BCUT2D eigenvalue weighted by Crippen LogP contribution is 2.47. The Labute approximate surface area is 207 Å². The number of methoxy groups -OCH3 is 1. The fourth-order valence-electron chi connectivity index (χ4n) is 4.77. The number of aromatic nitrogens is 3. The van der Waals surface area contributed by atoms with Gasteiger partial charge in [-0.05, 0) is 37.8 Å². The molecule has 2 aliphatic rings. The van der Waals surface area contributed by atoms with Crippen LogP contribution in [0.2, 0.25) is 0 Å². The van der Waals surface area contributed by atoms with E-state index in [1.54, 1.807) is 25.4 Å². The second kappa shape index (κ2) is 10.4. The molecular formula is C25H29N5O6. The number of nitrogens with one attached hydrogen (secondary N) is 3. The molecular weight excluding hydrogens is 466 g/mol. The molecule has 1 aliphatic heterocycles. The smallest absolute Gasteiger partial charge is 0.255 e. The van der Waals surface area contributed by atoms with E-state index < -0.39 is 0 Å². The molecule has 0 spiro atoms. The summed E-state index contributed by atoms with van der Waals surface area (Å²) in [5, 5.41) is 6.08. The van der Waals surface area contributed by atoms with Gasteiger partial charge in [-0.2, -0.15) is 0 Å². The van der Waals surface area contributed by atoms with Crippen molar-refractivity contribution in [1.29, 1.82) is 0 Å². The fraction of sp³-hybridized carbons (Fsp3) is 0.440. The van der Waals surface area contributed by atoms with Crippen molar-refractivity contribution in [2.45, 2.75) is 44.7 Å². The molecule has 0 bridgehead atoms. The first-order valence-electron chi connectivity index (χ1n) is 12.0. The first kappa shape index (κ1) is 23.9. The Kier molecular flexibility index (Phi) is 6.90. The van der Waals surface area contributed by atoms with E-state index in [0.717, 1.165) is 25.7 Å². The van der Waals surface area contributed by atoms with Gasteiger partial charge in [0.25, 0.3) is 5.91 Å². The second-order valence-electron chi connectivity index (χ2n) is 8.88. The fourth-order valence-corrected chi connectivity index (χ4v) is 4.77. The van der Waals surface area contributed by atoms with Crippen LogP contribution in [0.25, 0.3) is 22.3 Å². The van der Waals surface area contributed by atoms with E-state index >= 15 is 0 Å². The molecule has 3 heterocycles. The van der Waals surface area contributed by atoms with Crippen LogP contribution in [0, 0.1) is 0 Å². The number of nitrogens with zero attached hydrogens (tertiary/aromatic N) is 2. The van der Waals surface area contributed by atoms with E-state index in [-0.39, 0.29) is 30.7 Å². The van der Waals surface area contributed by atoms with Crippen molar-refractivity contribution >= 4 is 22.8 Å². The Balaban J connectivity index is 1.41. The Morgan fingerprint density at radius 2 is 1.86 bits per heavy atom. The van der Waals surface area contributed by atoms with Gasteiger partial charge >= 0.3 is 0 Å². The summed E-state index contributed by atoms with van der Waals surface area (Å²) in [6, 6.07) is 3.80. The highest BCUT2D eigenvalue weighted by Gasteiger charge is 2.28. The predicted octanol–water partition coefficient (Wildman–Crippen LogP) is 2.56. The van der Waals surface area contributed by atoms with E-state index in [1.165, 1.54) is 13.3 Å². The van der Waals surface area contributed by atoms with Gasteiger partial charge in [-0.25, -0.2) is 9.97 Å². The van der Waals surface area contributed by atoms with Gasteiger partial charge in [-0.3, -0.25) is 9.59 Å². The molecule has 1 fully saturated rings. The lowest BCUT2D eigenvalue weighted by Crippen LogP contribution is -2.43. The maximum atomic E-state index is 13.2. The lowest BCUT2D eigenvalue weighted by molar-refractivity contribution is -0.119. The van der Waals surface area contributed by atoms with Crippen LogP contribution in [0.5, 0.6) is 17.2 Å². The standard InChI is InChI=1S/C25H29N5O6/c1-14(31)29-15-3-5-16(6-4-15)30-25(32)17-11-26-23-21(17)27-12-28-22(23)20-18(34-10-9-33-2)7-8-19-24(20)36-13-35-19/h7-8,11-12,15-16,26H,3-6,9-10,13H2,1-2H3,(H,29,31)(H,30,32)/t15-,16+. The summed E-state index contributed by atoms with van der Waals surface area (Å²) in [4.78, 5) is 36.6. The number of benzene rings is 1. The lowest BCUT2D eigenvalue weighted by Gasteiger charge is -2.29. The van der Waals surface area contributed by atoms with Crippen LogP contribution in [0.3, 0.4) is 0 Å². The summed E-state index contributed by atoms with van der Waals surface area (Å²) in [5.74, 6) is 1.46. The number of rotatable bonds is 8. The summed E-state index contributed by atoms with van der Waals surface area (Å²) in [6.45, 7) is 2.39. The molecule has 36 heavy (non-hydrogen) atoms. The minimum absolute atomic E-state index is 0.0231. The predicted molar refractivity (Wildman–Crippen MR) is 130 cm³/mol.